The van der Waals surface area contributed by atoms with Crippen molar-refractivity contribution in [2.45, 2.75) is 9.17 Å². The molecule has 0 aromatic rings. The average Bonchev–Trinajstić information content (AvgIpc) is 1.60. The highest BCUT2D eigenvalue weighted by Crippen LogP contribution is 2.44. The third kappa shape index (κ3) is 9.15. The lowest BCUT2D eigenvalue weighted by Gasteiger charge is -2.15. The third-order valence-electron chi connectivity index (χ3n) is 0.321. The molecule has 0 nitrogen and oxygen atoms in total. The minimum absolute atomic E-state index is 0.778. The van der Waals surface area contributed by atoms with Crippen molar-refractivity contribution in [2.75, 3.05) is 6.13 Å². The van der Waals surface area contributed by atoms with Crippen LogP contribution in [0, 0.1) is 0 Å². The van der Waals surface area contributed by atoms with Gasteiger partial charge >= 0.3 is 9.17 Å². The van der Waals surface area contributed by atoms with Crippen molar-refractivity contribution in [2.24, 2.45) is 0 Å². The molecule has 70 valence electrons. The summed E-state index contributed by atoms with van der Waals surface area (Å²) in [7, 11) is 0. The van der Waals surface area contributed by atoms with Crippen molar-refractivity contribution in [3.05, 3.63) is 0 Å². The molecule has 0 heterocycles. The lowest BCUT2D eigenvalue weighted by atomic mass is 10.8. The zero-order valence-corrected chi connectivity index (χ0v) is 8.51. The van der Waals surface area contributed by atoms with E-state index < -0.39 is 15.3 Å². The minimum Gasteiger partial charge on any atom is -0.234 e. The van der Waals surface area contributed by atoms with Gasteiger partial charge in [0.25, 0.3) is 0 Å². The number of rotatable bonds is 1. The van der Waals surface area contributed by atoms with Crippen LogP contribution in [0.5, 0.6) is 0 Å². The van der Waals surface area contributed by atoms with E-state index in [1.807, 2.05) is 0 Å². The molecule has 0 amide bonds. The van der Waals surface area contributed by atoms with Crippen LogP contribution >= 0.6 is 58.0 Å². The van der Waals surface area contributed by atoms with Crippen molar-refractivity contribution in [3.8, 4) is 0 Å². The summed E-state index contributed by atoms with van der Waals surface area (Å²) < 4.78 is 27.1. The zero-order valence-electron chi connectivity index (χ0n) is 4.73. The highest BCUT2D eigenvalue weighted by Gasteiger charge is 2.48. The second-order valence-corrected chi connectivity index (χ2v) is 3.77. The van der Waals surface area contributed by atoms with E-state index in [-0.39, 0.29) is 0 Å². The molecule has 8 heteroatoms. The maximum absolute atomic E-state index is 11.8. The smallest absolute Gasteiger partial charge is 0.234 e. The Kier molecular flexibility index (Phi) is 7.79. The van der Waals surface area contributed by atoms with Gasteiger partial charge in [0.15, 0.2) is 6.13 Å². The van der Waals surface area contributed by atoms with Crippen molar-refractivity contribution in [1.29, 1.82) is 0 Å². The quantitative estimate of drug-likeness (QED) is 0.623. The van der Waals surface area contributed by atoms with Crippen LogP contribution in [-0.2, 0) is 0 Å². The van der Waals surface area contributed by atoms with Gasteiger partial charge < -0.3 is 0 Å². The summed E-state index contributed by atoms with van der Waals surface area (Å²) in [4.78, 5) is 0. The van der Waals surface area contributed by atoms with Crippen LogP contribution < -0.4 is 0 Å². The molecule has 0 bridgehead atoms. The number of hydrogen-bond acceptors (Lipinski definition) is 0. The molecule has 0 saturated carbocycles. The first-order valence-electron chi connectivity index (χ1n) is 1.92. The molecule has 0 aliphatic carbocycles. The molecular weight excluding hydrogens is 270 g/mol. The molecule has 0 rings (SSSR count). The fraction of sp³-hybridized carbons (Fsp3) is 1.00. The molecule has 0 spiro atoms. The summed E-state index contributed by atoms with van der Waals surface area (Å²) in [5.41, 5.74) is 0. The standard InChI is InChI=1S/C2Cl4F2.CH2ClF/c3-1(4,7)2(5,6)8;2-1-3/h;1H2. The highest BCUT2D eigenvalue weighted by atomic mass is 35.5. The van der Waals surface area contributed by atoms with Crippen molar-refractivity contribution < 1.29 is 13.2 Å². The molecule has 0 N–H and O–H groups in total. The van der Waals surface area contributed by atoms with Crippen molar-refractivity contribution in [1.82, 2.24) is 0 Å². The van der Waals surface area contributed by atoms with Gasteiger partial charge in [0.05, 0.1) is 0 Å². The molecule has 0 radical (unpaired) electrons. The van der Waals surface area contributed by atoms with Crippen LogP contribution in [0.4, 0.5) is 13.2 Å². The van der Waals surface area contributed by atoms with Crippen LogP contribution in [0.15, 0.2) is 0 Å². The highest BCUT2D eigenvalue weighted by molar-refractivity contribution is 6.60. The predicted octanol–water partition coefficient (Wildman–Crippen LogP) is 4.34. The van der Waals surface area contributed by atoms with E-state index in [2.05, 4.69) is 58.0 Å². The van der Waals surface area contributed by atoms with Crippen molar-refractivity contribution in [3.63, 3.8) is 0 Å². The van der Waals surface area contributed by atoms with E-state index >= 15 is 0 Å². The summed E-state index contributed by atoms with van der Waals surface area (Å²) in [6, 6.07) is 0. The lowest BCUT2D eigenvalue weighted by Crippen LogP contribution is -2.26. The van der Waals surface area contributed by atoms with E-state index in [0.717, 1.165) is 0 Å². The van der Waals surface area contributed by atoms with Gasteiger partial charge in [-0.3, -0.25) is 0 Å². The molecule has 0 saturated heterocycles. The van der Waals surface area contributed by atoms with E-state index in [1.54, 1.807) is 0 Å². The van der Waals surface area contributed by atoms with Crippen LogP contribution in [0.2, 0.25) is 0 Å². The van der Waals surface area contributed by atoms with Gasteiger partial charge in [-0.2, -0.15) is 0 Å². The molecule has 0 atom stereocenters. The Morgan fingerprint density at radius 1 is 0.909 bits per heavy atom. The Labute approximate surface area is 86.5 Å². The summed E-state index contributed by atoms with van der Waals surface area (Å²) in [6.45, 7) is 0. The van der Waals surface area contributed by atoms with Crippen LogP contribution in [0.1, 0.15) is 0 Å². The maximum atomic E-state index is 11.8. The number of halogens is 8. The van der Waals surface area contributed by atoms with E-state index in [9.17, 15) is 13.2 Å². The third-order valence-corrected chi connectivity index (χ3v) is 1.75. The molecule has 0 aromatic heterocycles. The monoisotopic (exact) mass is 270 g/mol. The predicted molar refractivity (Wildman–Crippen MR) is 42.9 cm³/mol. The topological polar surface area (TPSA) is 0 Å². The fourth-order valence-corrected chi connectivity index (χ4v) is 0. The van der Waals surface area contributed by atoms with Crippen LogP contribution in [0.3, 0.4) is 0 Å². The fourth-order valence-electron chi connectivity index (χ4n) is 0. The van der Waals surface area contributed by atoms with E-state index in [1.165, 1.54) is 0 Å². The lowest BCUT2D eigenvalue weighted by molar-refractivity contribution is 0.233. The van der Waals surface area contributed by atoms with E-state index in [4.69, 9.17) is 0 Å². The molecule has 0 fully saturated rings. The second kappa shape index (κ2) is 5.81. The minimum atomic E-state index is -3.25. The molecule has 0 aliphatic heterocycles. The SMILES string of the molecule is FC(Cl)(Cl)C(F)(Cl)Cl.FCCl. The summed E-state index contributed by atoms with van der Waals surface area (Å²) in [5, 5.41) is 0. The van der Waals surface area contributed by atoms with Gasteiger partial charge in [0, 0.05) is 0 Å². The molecular formula is C3H2Cl5F3. The van der Waals surface area contributed by atoms with Gasteiger partial charge in [-0.15, -0.1) is 0 Å². The molecule has 0 unspecified atom stereocenters. The van der Waals surface area contributed by atoms with Gasteiger partial charge in [-0.05, 0) is 0 Å². The van der Waals surface area contributed by atoms with E-state index in [0.29, 0.717) is 0 Å². The maximum Gasteiger partial charge on any atom is 0.320 e. The largest absolute Gasteiger partial charge is 0.320 e. The average molecular weight is 272 g/mol. The Bertz CT molecular complexity index is 82.1. The Morgan fingerprint density at radius 3 is 1.00 bits per heavy atom. The van der Waals surface area contributed by atoms with Crippen LogP contribution in [-0.4, -0.2) is 15.3 Å². The second-order valence-electron chi connectivity index (χ2n) is 1.10. The first kappa shape index (κ1) is 14.7. The Hall–Kier alpha value is 1.24. The zero-order chi connectivity index (χ0) is 9.71. The first-order valence-corrected chi connectivity index (χ1v) is 3.96. The first-order chi connectivity index (χ1) is 4.66. The molecule has 11 heavy (non-hydrogen) atoms. The van der Waals surface area contributed by atoms with Gasteiger partial charge in [0.1, 0.15) is 0 Å². The van der Waals surface area contributed by atoms with Crippen molar-refractivity contribution >= 4 is 58.0 Å². The van der Waals surface area contributed by atoms with Crippen LogP contribution in [0.25, 0.3) is 0 Å². The summed E-state index contributed by atoms with van der Waals surface area (Å²) in [6.07, 6.45) is -0.778. The summed E-state index contributed by atoms with van der Waals surface area (Å²) in [5.74, 6) is 0. The number of hydrogen-bond donors (Lipinski definition) is 0. The normalized spacial score (nSPS) is 12.0. The molecule has 0 aromatic carbocycles. The van der Waals surface area contributed by atoms with Gasteiger partial charge in [0.2, 0.25) is 0 Å². The molecule has 0 aliphatic rings. The Balaban J connectivity index is 0. The number of alkyl halides is 8. The van der Waals surface area contributed by atoms with Gasteiger partial charge in [-0.25, -0.2) is 13.2 Å². The Morgan fingerprint density at radius 2 is 1.00 bits per heavy atom. The summed E-state index contributed by atoms with van der Waals surface area (Å²) >= 11 is 22.2. The van der Waals surface area contributed by atoms with Gasteiger partial charge in [-0.1, -0.05) is 58.0 Å².